The van der Waals surface area contributed by atoms with Gasteiger partial charge in [-0.2, -0.15) is 0 Å². The van der Waals surface area contributed by atoms with Crippen LogP contribution in [0.15, 0.2) is 40.1 Å². The molecule has 0 fully saturated rings. The van der Waals surface area contributed by atoms with Crippen molar-refractivity contribution in [2.75, 3.05) is 0 Å². The Morgan fingerprint density at radius 1 is 1.26 bits per heavy atom. The SMILES string of the molecule is CC/C=C(/[C@H](C)CCCC)S(=O)c1ccc(C)cc1. The molecule has 0 radical (unpaired) electrons. The van der Waals surface area contributed by atoms with Crippen LogP contribution in [0.25, 0.3) is 0 Å². The van der Waals surface area contributed by atoms with Crippen LogP contribution in [0.2, 0.25) is 0 Å². The zero-order valence-electron chi connectivity index (χ0n) is 12.6. The Bertz CT molecular complexity index is 431. The van der Waals surface area contributed by atoms with Crippen LogP contribution in [-0.4, -0.2) is 4.21 Å². The molecule has 1 aromatic carbocycles. The molecule has 0 spiro atoms. The minimum atomic E-state index is -1.00. The zero-order valence-corrected chi connectivity index (χ0v) is 13.4. The minimum absolute atomic E-state index is 0.405. The van der Waals surface area contributed by atoms with Gasteiger partial charge < -0.3 is 0 Å². The molecule has 0 amide bonds. The van der Waals surface area contributed by atoms with E-state index in [1.165, 1.54) is 18.4 Å². The molecule has 0 aliphatic carbocycles. The Hall–Kier alpha value is -0.890. The van der Waals surface area contributed by atoms with Crippen LogP contribution in [0.5, 0.6) is 0 Å². The molecule has 1 nitrogen and oxygen atoms in total. The maximum Gasteiger partial charge on any atom is 0.0807 e. The minimum Gasteiger partial charge on any atom is -0.249 e. The monoisotopic (exact) mass is 278 g/mol. The average molecular weight is 278 g/mol. The summed E-state index contributed by atoms with van der Waals surface area (Å²) in [7, 11) is -1.00. The summed E-state index contributed by atoms with van der Waals surface area (Å²) in [6.07, 6.45) is 6.62. The maximum atomic E-state index is 12.7. The molecule has 0 N–H and O–H groups in total. The number of unbranched alkanes of at least 4 members (excludes halogenated alkanes) is 1. The second kappa shape index (κ2) is 8.31. The van der Waals surface area contributed by atoms with Crippen LogP contribution in [-0.2, 0) is 10.8 Å². The van der Waals surface area contributed by atoms with E-state index in [-0.39, 0.29) is 0 Å². The van der Waals surface area contributed by atoms with Crippen molar-refractivity contribution in [2.45, 2.75) is 58.3 Å². The molecule has 1 unspecified atom stereocenters. The highest BCUT2D eigenvalue weighted by atomic mass is 32.2. The van der Waals surface area contributed by atoms with Gasteiger partial charge in [0, 0.05) is 9.80 Å². The first-order valence-corrected chi connectivity index (χ1v) is 8.43. The molecule has 2 heteroatoms. The van der Waals surface area contributed by atoms with Crippen molar-refractivity contribution in [1.29, 1.82) is 0 Å². The second-order valence-electron chi connectivity index (χ2n) is 5.14. The summed E-state index contributed by atoms with van der Waals surface area (Å²) in [6, 6.07) is 8.05. The summed E-state index contributed by atoms with van der Waals surface area (Å²) in [6.45, 7) is 8.56. The third kappa shape index (κ3) is 4.94. The van der Waals surface area contributed by atoms with E-state index in [1.807, 2.05) is 24.3 Å². The Labute approximate surface area is 120 Å². The standard InChI is InChI=1S/C17H26OS/c1-5-7-9-15(4)17(8-6-2)19(18)16-12-10-14(3)11-13-16/h8,10-13,15H,5-7,9H2,1-4H3/b17-8-/t15-,19?/m1/s1. The molecule has 0 aliphatic heterocycles. The predicted octanol–water partition coefficient (Wildman–Crippen LogP) is 5.22. The van der Waals surface area contributed by atoms with Gasteiger partial charge in [0.2, 0.25) is 0 Å². The van der Waals surface area contributed by atoms with Crippen LogP contribution in [0.1, 0.15) is 52.0 Å². The van der Waals surface area contributed by atoms with E-state index in [1.54, 1.807) is 0 Å². The molecule has 0 aliphatic rings. The molecule has 0 saturated carbocycles. The van der Waals surface area contributed by atoms with Crippen molar-refractivity contribution >= 4 is 10.8 Å². The molecule has 0 heterocycles. The molecule has 0 saturated heterocycles. The number of aryl methyl sites for hydroxylation is 1. The van der Waals surface area contributed by atoms with E-state index in [0.717, 1.165) is 22.6 Å². The lowest BCUT2D eigenvalue weighted by Crippen LogP contribution is -2.06. The van der Waals surface area contributed by atoms with E-state index in [4.69, 9.17) is 0 Å². The summed E-state index contributed by atoms with van der Waals surface area (Å²) in [5.41, 5.74) is 1.21. The quantitative estimate of drug-likeness (QED) is 0.668. The molecule has 0 bridgehead atoms. The fourth-order valence-electron chi connectivity index (χ4n) is 2.11. The molecule has 1 aromatic rings. The molecular formula is C17H26OS. The summed E-state index contributed by atoms with van der Waals surface area (Å²) < 4.78 is 12.7. The highest BCUT2D eigenvalue weighted by Crippen LogP contribution is 2.26. The van der Waals surface area contributed by atoms with Gasteiger partial charge in [-0.15, -0.1) is 0 Å². The van der Waals surface area contributed by atoms with Gasteiger partial charge in [0.1, 0.15) is 0 Å². The van der Waals surface area contributed by atoms with Gasteiger partial charge in [-0.05, 0) is 37.8 Å². The van der Waals surface area contributed by atoms with Gasteiger partial charge in [-0.3, -0.25) is 0 Å². The van der Waals surface area contributed by atoms with Gasteiger partial charge in [-0.1, -0.05) is 57.4 Å². The fraction of sp³-hybridized carbons (Fsp3) is 0.529. The maximum absolute atomic E-state index is 12.7. The zero-order chi connectivity index (χ0) is 14.3. The van der Waals surface area contributed by atoms with Crippen LogP contribution < -0.4 is 0 Å². The number of hydrogen-bond donors (Lipinski definition) is 0. The van der Waals surface area contributed by atoms with Gasteiger partial charge in [0.15, 0.2) is 0 Å². The largest absolute Gasteiger partial charge is 0.249 e. The van der Waals surface area contributed by atoms with Gasteiger partial charge in [-0.25, -0.2) is 4.21 Å². The number of benzene rings is 1. The van der Waals surface area contributed by atoms with E-state index >= 15 is 0 Å². The number of hydrogen-bond acceptors (Lipinski definition) is 1. The lowest BCUT2D eigenvalue weighted by molar-refractivity contribution is 0.584. The predicted molar refractivity (Wildman–Crippen MR) is 84.7 cm³/mol. The van der Waals surface area contributed by atoms with E-state index < -0.39 is 10.8 Å². The lowest BCUT2D eigenvalue weighted by Gasteiger charge is -2.15. The van der Waals surface area contributed by atoms with Gasteiger partial charge in [0.25, 0.3) is 0 Å². The van der Waals surface area contributed by atoms with Crippen LogP contribution >= 0.6 is 0 Å². The van der Waals surface area contributed by atoms with E-state index in [2.05, 4.69) is 33.8 Å². The topological polar surface area (TPSA) is 17.1 Å². The number of allylic oxidation sites excluding steroid dienone is 2. The van der Waals surface area contributed by atoms with Crippen molar-refractivity contribution in [2.24, 2.45) is 5.92 Å². The normalized spacial score (nSPS) is 15.3. The smallest absolute Gasteiger partial charge is 0.0807 e. The summed E-state index contributed by atoms with van der Waals surface area (Å²) in [4.78, 5) is 2.02. The molecular weight excluding hydrogens is 252 g/mol. The summed E-state index contributed by atoms with van der Waals surface area (Å²) >= 11 is 0. The Balaban J connectivity index is 2.90. The van der Waals surface area contributed by atoms with Crippen molar-refractivity contribution in [3.8, 4) is 0 Å². The van der Waals surface area contributed by atoms with Crippen molar-refractivity contribution < 1.29 is 4.21 Å². The molecule has 106 valence electrons. The highest BCUT2D eigenvalue weighted by molar-refractivity contribution is 7.89. The highest BCUT2D eigenvalue weighted by Gasteiger charge is 2.16. The first kappa shape index (κ1) is 16.2. The first-order chi connectivity index (χ1) is 9.10. The number of rotatable bonds is 7. The Morgan fingerprint density at radius 2 is 1.89 bits per heavy atom. The third-order valence-corrected chi connectivity index (χ3v) is 5.03. The van der Waals surface area contributed by atoms with Crippen LogP contribution in [0.4, 0.5) is 0 Å². The molecule has 19 heavy (non-hydrogen) atoms. The third-order valence-electron chi connectivity index (χ3n) is 3.33. The Kier molecular flexibility index (Phi) is 7.07. The van der Waals surface area contributed by atoms with E-state index in [0.29, 0.717) is 5.92 Å². The van der Waals surface area contributed by atoms with Gasteiger partial charge >= 0.3 is 0 Å². The fourth-order valence-corrected chi connectivity index (χ4v) is 3.57. The molecule has 2 atom stereocenters. The molecule has 1 rings (SSSR count). The molecule has 0 aromatic heterocycles. The Morgan fingerprint density at radius 3 is 2.42 bits per heavy atom. The average Bonchev–Trinajstić information content (AvgIpc) is 2.42. The second-order valence-corrected chi connectivity index (χ2v) is 6.62. The van der Waals surface area contributed by atoms with Crippen LogP contribution in [0, 0.1) is 12.8 Å². The lowest BCUT2D eigenvalue weighted by atomic mass is 10.0. The summed E-state index contributed by atoms with van der Waals surface area (Å²) in [5.74, 6) is 0.405. The van der Waals surface area contributed by atoms with Crippen LogP contribution in [0.3, 0.4) is 0 Å². The van der Waals surface area contributed by atoms with E-state index in [9.17, 15) is 4.21 Å². The van der Waals surface area contributed by atoms with Gasteiger partial charge in [0.05, 0.1) is 10.8 Å². The van der Waals surface area contributed by atoms with Crippen molar-refractivity contribution in [1.82, 2.24) is 0 Å². The van der Waals surface area contributed by atoms with Crippen molar-refractivity contribution in [3.63, 3.8) is 0 Å². The summed E-state index contributed by atoms with van der Waals surface area (Å²) in [5, 5.41) is 0. The van der Waals surface area contributed by atoms with Crippen molar-refractivity contribution in [3.05, 3.63) is 40.8 Å². The first-order valence-electron chi connectivity index (χ1n) is 7.28.